The number of thiophene rings is 1. The molecule has 7 heteroatoms. The number of anilines is 1. The number of nitrogens with zero attached hydrogens (tertiary/aromatic N) is 3. The molecule has 1 N–H and O–H groups in total. The maximum Gasteiger partial charge on any atom is 0.317 e. The highest BCUT2D eigenvalue weighted by Crippen LogP contribution is 2.28. The minimum absolute atomic E-state index is 0.0109. The van der Waals surface area contributed by atoms with E-state index in [0.717, 1.165) is 24.5 Å². The van der Waals surface area contributed by atoms with Crippen molar-refractivity contribution in [1.29, 1.82) is 0 Å². The van der Waals surface area contributed by atoms with Crippen LogP contribution in [0, 0.1) is 0 Å². The zero-order valence-corrected chi connectivity index (χ0v) is 17.0. The summed E-state index contributed by atoms with van der Waals surface area (Å²) in [6, 6.07) is 10.3. The van der Waals surface area contributed by atoms with Crippen LogP contribution in [-0.2, 0) is 0 Å². The summed E-state index contributed by atoms with van der Waals surface area (Å²) in [5.41, 5.74) is 2.33. The number of nitrogens with one attached hydrogen (secondary N) is 1. The first-order valence-corrected chi connectivity index (χ1v) is 10.1. The summed E-state index contributed by atoms with van der Waals surface area (Å²) in [6.07, 6.45) is 0. The summed E-state index contributed by atoms with van der Waals surface area (Å²) in [7, 11) is 5.78. The van der Waals surface area contributed by atoms with Gasteiger partial charge < -0.3 is 24.8 Å². The maximum atomic E-state index is 12.6. The SMILES string of the molecule is COc1ccccc1N1CCN(C(=O)NCC(c2ccsc2)N(C)C)CC1. The molecule has 27 heavy (non-hydrogen) atoms. The van der Waals surface area contributed by atoms with E-state index in [1.54, 1.807) is 18.4 Å². The smallest absolute Gasteiger partial charge is 0.317 e. The first-order chi connectivity index (χ1) is 13.1. The topological polar surface area (TPSA) is 48.1 Å². The van der Waals surface area contributed by atoms with Crippen LogP contribution in [0.15, 0.2) is 41.1 Å². The Balaban J connectivity index is 1.52. The molecule has 1 saturated heterocycles. The first-order valence-electron chi connectivity index (χ1n) is 9.19. The largest absolute Gasteiger partial charge is 0.495 e. The molecule has 1 fully saturated rings. The Kier molecular flexibility index (Phi) is 6.58. The first kappa shape index (κ1) is 19.5. The number of likely N-dealkylation sites (N-methyl/N-ethyl adjacent to an activating group) is 1. The average molecular weight is 389 g/mol. The monoisotopic (exact) mass is 388 g/mol. The minimum Gasteiger partial charge on any atom is -0.495 e. The predicted octanol–water partition coefficient (Wildman–Crippen LogP) is 2.89. The van der Waals surface area contributed by atoms with Crippen molar-refractivity contribution in [2.75, 3.05) is 58.8 Å². The van der Waals surface area contributed by atoms with Crippen LogP contribution in [-0.4, -0.2) is 69.8 Å². The maximum absolute atomic E-state index is 12.6. The van der Waals surface area contributed by atoms with Crippen LogP contribution in [0.4, 0.5) is 10.5 Å². The van der Waals surface area contributed by atoms with Gasteiger partial charge in [0.05, 0.1) is 18.8 Å². The van der Waals surface area contributed by atoms with Gasteiger partial charge >= 0.3 is 6.03 Å². The summed E-state index contributed by atoms with van der Waals surface area (Å²) in [4.78, 5) is 18.9. The third kappa shape index (κ3) is 4.73. The van der Waals surface area contributed by atoms with Crippen LogP contribution in [0.1, 0.15) is 11.6 Å². The van der Waals surface area contributed by atoms with Gasteiger partial charge in [-0.1, -0.05) is 12.1 Å². The van der Waals surface area contributed by atoms with Gasteiger partial charge in [-0.2, -0.15) is 11.3 Å². The van der Waals surface area contributed by atoms with Crippen molar-refractivity contribution in [1.82, 2.24) is 15.1 Å². The predicted molar refractivity (Wildman–Crippen MR) is 111 cm³/mol. The molecule has 1 atom stereocenters. The van der Waals surface area contributed by atoms with Crippen LogP contribution in [0.2, 0.25) is 0 Å². The fourth-order valence-electron chi connectivity index (χ4n) is 3.40. The lowest BCUT2D eigenvalue weighted by Gasteiger charge is -2.37. The summed E-state index contributed by atoms with van der Waals surface area (Å²) in [5, 5.41) is 7.32. The van der Waals surface area contributed by atoms with Crippen LogP contribution < -0.4 is 15.0 Å². The Morgan fingerprint density at radius 2 is 1.96 bits per heavy atom. The van der Waals surface area contributed by atoms with Crippen molar-refractivity contribution >= 4 is 23.1 Å². The van der Waals surface area contributed by atoms with Crippen molar-refractivity contribution < 1.29 is 9.53 Å². The van der Waals surface area contributed by atoms with Crippen molar-refractivity contribution in [3.05, 3.63) is 46.7 Å². The van der Waals surface area contributed by atoms with E-state index in [-0.39, 0.29) is 12.1 Å². The van der Waals surface area contributed by atoms with Gasteiger partial charge in [0.2, 0.25) is 0 Å². The Morgan fingerprint density at radius 1 is 1.22 bits per heavy atom. The molecule has 146 valence electrons. The van der Waals surface area contributed by atoms with Gasteiger partial charge in [0.15, 0.2) is 0 Å². The van der Waals surface area contributed by atoms with Crippen molar-refractivity contribution in [2.45, 2.75) is 6.04 Å². The molecule has 1 unspecified atom stereocenters. The number of carbonyl (C=O) groups excluding carboxylic acids is 1. The number of ether oxygens (including phenoxy) is 1. The Bertz CT molecular complexity index is 727. The van der Waals surface area contributed by atoms with E-state index in [1.165, 1.54) is 5.56 Å². The molecule has 2 heterocycles. The van der Waals surface area contributed by atoms with Crippen molar-refractivity contribution in [2.24, 2.45) is 0 Å². The second-order valence-electron chi connectivity index (χ2n) is 6.87. The van der Waals surface area contributed by atoms with Crippen LogP contribution in [0.3, 0.4) is 0 Å². The lowest BCUT2D eigenvalue weighted by atomic mass is 10.1. The van der Waals surface area contributed by atoms with E-state index in [0.29, 0.717) is 19.6 Å². The summed E-state index contributed by atoms with van der Waals surface area (Å²) in [5.74, 6) is 0.875. The third-order valence-electron chi connectivity index (χ3n) is 4.99. The molecule has 1 aromatic carbocycles. The molecule has 1 aromatic heterocycles. The van der Waals surface area contributed by atoms with Gasteiger partial charge in [0.25, 0.3) is 0 Å². The van der Waals surface area contributed by atoms with Gasteiger partial charge in [-0.25, -0.2) is 4.79 Å². The molecular formula is C20H28N4O2S. The molecular weight excluding hydrogens is 360 g/mol. The van der Waals surface area contributed by atoms with Gasteiger partial charge in [-0.3, -0.25) is 0 Å². The van der Waals surface area contributed by atoms with Gasteiger partial charge in [0, 0.05) is 32.7 Å². The van der Waals surface area contributed by atoms with Crippen LogP contribution in [0.25, 0.3) is 0 Å². The highest BCUT2D eigenvalue weighted by Gasteiger charge is 2.24. The second-order valence-corrected chi connectivity index (χ2v) is 7.65. The number of methoxy groups -OCH3 is 1. The summed E-state index contributed by atoms with van der Waals surface area (Å²) >= 11 is 1.68. The number of amides is 2. The summed E-state index contributed by atoms with van der Waals surface area (Å²) in [6.45, 7) is 3.62. The van der Waals surface area contributed by atoms with Gasteiger partial charge in [0.1, 0.15) is 5.75 Å². The van der Waals surface area contributed by atoms with E-state index in [2.05, 4.69) is 38.0 Å². The van der Waals surface area contributed by atoms with E-state index in [1.807, 2.05) is 37.2 Å². The molecule has 6 nitrogen and oxygen atoms in total. The fraction of sp³-hybridized carbons (Fsp3) is 0.450. The quantitative estimate of drug-likeness (QED) is 0.827. The Morgan fingerprint density at radius 3 is 2.59 bits per heavy atom. The molecule has 3 rings (SSSR count). The van der Waals surface area contributed by atoms with E-state index < -0.39 is 0 Å². The number of benzene rings is 1. The molecule has 0 saturated carbocycles. The number of carbonyl (C=O) groups is 1. The number of rotatable bonds is 6. The van der Waals surface area contributed by atoms with Gasteiger partial charge in [-0.05, 0) is 48.6 Å². The Labute approximate surface area is 165 Å². The molecule has 0 aliphatic carbocycles. The van der Waals surface area contributed by atoms with Crippen molar-refractivity contribution in [3.63, 3.8) is 0 Å². The zero-order chi connectivity index (χ0) is 19.2. The highest BCUT2D eigenvalue weighted by atomic mass is 32.1. The minimum atomic E-state index is 0.0109. The molecule has 0 bridgehead atoms. The van der Waals surface area contributed by atoms with E-state index in [9.17, 15) is 4.79 Å². The number of hydrogen-bond acceptors (Lipinski definition) is 5. The number of hydrogen-bond donors (Lipinski definition) is 1. The van der Waals surface area contributed by atoms with Gasteiger partial charge in [-0.15, -0.1) is 0 Å². The van der Waals surface area contributed by atoms with Crippen LogP contribution in [0.5, 0.6) is 5.75 Å². The number of piperazine rings is 1. The molecule has 2 amide bonds. The Hall–Kier alpha value is -2.25. The molecule has 1 aliphatic heterocycles. The normalized spacial score (nSPS) is 15.7. The molecule has 0 spiro atoms. The molecule has 0 radical (unpaired) electrons. The number of urea groups is 1. The van der Waals surface area contributed by atoms with E-state index in [4.69, 9.17) is 4.74 Å². The van der Waals surface area contributed by atoms with Crippen molar-refractivity contribution in [3.8, 4) is 5.75 Å². The fourth-order valence-corrected chi connectivity index (χ4v) is 4.11. The summed E-state index contributed by atoms with van der Waals surface area (Å²) < 4.78 is 5.46. The van der Waals surface area contributed by atoms with Crippen LogP contribution >= 0.6 is 11.3 Å². The lowest BCUT2D eigenvalue weighted by Crippen LogP contribution is -2.52. The number of para-hydroxylation sites is 2. The lowest BCUT2D eigenvalue weighted by molar-refractivity contribution is 0.189. The standard InChI is InChI=1S/C20H28N4O2S/c1-22(2)18(16-8-13-27-15-16)14-21-20(25)24-11-9-23(10-12-24)17-6-4-5-7-19(17)26-3/h4-8,13,15,18H,9-12,14H2,1-3H3,(H,21,25). The second kappa shape index (κ2) is 9.10. The molecule has 2 aromatic rings. The molecule has 1 aliphatic rings. The third-order valence-corrected chi connectivity index (χ3v) is 5.69. The average Bonchev–Trinajstić information content (AvgIpc) is 3.22. The van der Waals surface area contributed by atoms with E-state index >= 15 is 0 Å². The zero-order valence-electron chi connectivity index (χ0n) is 16.2. The highest BCUT2D eigenvalue weighted by molar-refractivity contribution is 7.07.